The van der Waals surface area contributed by atoms with Crippen LogP contribution in [-0.4, -0.2) is 27.3 Å². The molecule has 0 heterocycles. The molecule has 6 nitrogen and oxygen atoms in total. The molecule has 6 heteroatoms. The Balaban J connectivity index is 2.46. The topological polar surface area (TPSA) is 113 Å². The van der Waals surface area contributed by atoms with Crippen molar-refractivity contribution in [1.82, 2.24) is 5.43 Å². The molecule has 46 heavy (non-hydrogen) atoms. The van der Waals surface area contributed by atoms with E-state index >= 15 is 0 Å². The summed E-state index contributed by atoms with van der Waals surface area (Å²) >= 11 is 0. The summed E-state index contributed by atoms with van der Waals surface area (Å²) in [6.07, 6.45) is 4.11. The number of ketones is 2. The van der Waals surface area contributed by atoms with E-state index in [4.69, 9.17) is 5.84 Å². The highest BCUT2D eigenvalue weighted by Crippen LogP contribution is 2.41. The van der Waals surface area contributed by atoms with Crippen LogP contribution in [0.1, 0.15) is 162 Å². The summed E-state index contributed by atoms with van der Waals surface area (Å²) in [5, 5.41) is 22.3. The summed E-state index contributed by atoms with van der Waals surface area (Å²) < 4.78 is 0. The second-order valence-corrected chi connectivity index (χ2v) is 17.4. The summed E-state index contributed by atoms with van der Waals surface area (Å²) in [6.45, 7) is 27.0. The number of hydrazine groups is 1. The van der Waals surface area contributed by atoms with Crippen LogP contribution in [0.5, 0.6) is 11.5 Å². The zero-order chi connectivity index (χ0) is 35.5. The molecule has 258 valence electrons. The fourth-order valence-corrected chi connectivity index (χ4v) is 6.21. The lowest BCUT2D eigenvalue weighted by Crippen LogP contribution is -2.61. The molecular weight excluding hydrogens is 572 g/mol. The molecule has 2 aromatic carbocycles. The van der Waals surface area contributed by atoms with Crippen molar-refractivity contribution in [3.63, 3.8) is 0 Å². The van der Waals surface area contributed by atoms with Crippen LogP contribution in [0.25, 0.3) is 0 Å². The molecule has 0 atom stereocenters. The number of benzene rings is 2. The Morgan fingerprint density at radius 3 is 1.15 bits per heavy atom. The number of aryl methyl sites for hydroxylation is 2. The minimum Gasteiger partial charge on any atom is -0.507 e. The first kappa shape index (κ1) is 39.5. The standard InChI is InChI=1S/C40H64N2O4/c1-14-15-16-21-40(42-41,32(43)19-17-26-22-28(36(2,3)4)34(45)29(23-26)37(5,6)7)33(44)20-18-27-24-30(38(8,9)10)35(46)31(25-27)39(11,12)13/h22-25,42,45-46H,14-21,41H2,1-13H3. The molecule has 0 amide bonds. The van der Waals surface area contributed by atoms with Gasteiger partial charge in [0.2, 0.25) is 0 Å². The number of carbonyl (C=O) groups excluding carboxylic acids is 2. The number of nitrogens with two attached hydrogens (primary N) is 1. The Morgan fingerprint density at radius 1 is 0.609 bits per heavy atom. The van der Waals surface area contributed by atoms with Gasteiger partial charge in [-0.15, -0.1) is 0 Å². The smallest absolute Gasteiger partial charge is 0.162 e. The van der Waals surface area contributed by atoms with Crippen LogP contribution in [0.4, 0.5) is 0 Å². The maximum absolute atomic E-state index is 14.1. The van der Waals surface area contributed by atoms with E-state index in [-0.39, 0.29) is 46.1 Å². The third-order valence-electron chi connectivity index (χ3n) is 9.21. The van der Waals surface area contributed by atoms with Gasteiger partial charge in [0.25, 0.3) is 0 Å². The molecule has 0 aliphatic rings. The first-order valence-corrected chi connectivity index (χ1v) is 17.2. The average molecular weight is 637 g/mol. The lowest BCUT2D eigenvalue weighted by molar-refractivity contribution is -0.137. The number of nitrogens with one attached hydrogen (secondary N) is 1. The van der Waals surface area contributed by atoms with Crippen molar-refractivity contribution in [2.75, 3.05) is 0 Å². The van der Waals surface area contributed by atoms with E-state index < -0.39 is 5.54 Å². The van der Waals surface area contributed by atoms with Crippen LogP contribution in [0.15, 0.2) is 24.3 Å². The molecule has 0 unspecified atom stereocenters. The molecule has 0 aliphatic heterocycles. The molecule has 0 aromatic heterocycles. The predicted molar refractivity (Wildman–Crippen MR) is 192 cm³/mol. The summed E-state index contributed by atoms with van der Waals surface area (Å²) in [5.41, 5.74) is 5.45. The van der Waals surface area contributed by atoms with Gasteiger partial charge in [0.05, 0.1) is 0 Å². The van der Waals surface area contributed by atoms with E-state index in [0.29, 0.717) is 37.2 Å². The highest BCUT2D eigenvalue weighted by molar-refractivity contribution is 6.11. The van der Waals surface area contributed by atoms with Gasteiger partial charge in [-0.05, 0) is 74.3 Å². The number of phenols is 2. The maximum Gasteiger partial charge on any atom is 0.162 e. The van der Waals surface area contributed by atoms with Gasteiger partial charge in [0.15, 0.2) is 11.6 Å². The number of Topliss-reactive ketones (excluding diaryl/α,β-unsaturated/α-hetero) is 2. The minimum absolute atomic E-state index is 0.154. The molecule has 0 radical (unpaired) electrons. The number of phenolic OH excluding ortho intramolecular Hbond substituents is 2. The second-order valence-electron chi connectivity index (χ2n) is 17.4. The molecule has 0 spiro atoms. The molecule has 0 saturated heterocycles. The third kappa shape index (κ3) is 9.44. The quantitative estimate of drug-likeness (QED) is 0.0757. The van der Waals surface area contributed by atoms with Crippen molar-refractivity contribution >= 4 is 11.6 Å². The van der Waals surface area contributed by atoms with Crippen LogP contribution in [0.3, 0.4) is 0 Å². The zero-order valence-electron chi connectivity index (χ0n) is 31.3. The maximum atomic E-state index is 14.1. The van der Waals surface area contributed by atoms with E-state index in [1.165, 1.54) is 0 Å². The van der Waals surface area contributed by atoms with E-state index in [1.54, 1.807) is 0 Å². The SMILES string of the molecule is CCCCCC(NN)(C(=O)CCc1cc(C(C)(C)C)c(O)c(C(C)(C)C)c1)C(=O)CCc1cc(C(C)(C)C)c(O)c(C(C)(C)C)c1. The van der Waals surface area contributed by atoms with E-state index in [0.717, 1.165) is 46.2 Å². The van der Waals surface area contributed by atoms with Crippen LogP contribution in [0.2, 0.25) is 0 Å². The number of unbranched alkanes of at least 4 members (excludes halogenated alkanes) is 2. The van der Waals surface area contributed by atoms with Gasteiger partial charge in [0.1, 0.15) is 17.0 Å². The molecule has 0 aliphatic carbocycles. The fraction of sp³-hybridized carbons (Fsp3) is 0.650. The largest absolute Gasteiger partial charge is 0.507 e. The van der Waals surface area contributed by atoms with Crippen molar-refractivity contribution in [3.8, 4) is 11.5 Å². The predicted octanol–water partition coefficient (Wildman–Crippen LogP) is 8.77. The van der Waals surface area contributed by atoms with Gasteiger partial charge < -0.3 is 10.2 Å². The molecule has 0 fully saturated rings. The van der Waals surface area contributed by atoms with Crippen LogP contribution >= 0.6 is 0 Å². The zero-order valence-corrected chi connectivity index (χ0v) is 31.3. The van der Waals surface area contributed by atoms with Gasteiger partial charge in [-0.3, -0.25) is 15.4 Å². The average Bonchev–Trinajstić information content (AvgIpc) is 2.91. The molecule has 0 saturated carbocycles. The highest BCUT2D eigenvalue weighted by atomic mass is 16.3. The van der Waals surface area contributed by atoms with Gasteiger partial charge >= 0.3 is 0 Å². The lowest BCUT2D eigenvalue weighted by Gasteiger charge is -2.31. The number of carbonyl (C=O) groups is 2. The Labute approximate surface area is 279 Å². The van der Waals surface area contributed by atoms with E-state index in [2.05, 4.69) is 95.4 Å². The third-order valence-corrected chi connectivity index (χ3v) is 9.21. The Kier molecular flexibility index (Phi) is 12.5. The van der Waals surface area contributed by atoms with Crippen LogP contribution in [-0.2, 0) is 44.1 Å². The Bertz CT molecular complexity index is 1210. The molecular formula is C40H64N2O4. The normalized spacial score (nSPS) is 13.3. The van der Waals surface area contributed by atoms with E-state index in [1.807, 2.05) is 24.3 Å². The Hall–Kier alpha value is -2.70. The number of hydrogen-bond acceptors (Lipinski definition) is 6. The second kappa shape index (κ2) is 14.6. The van der Waals surface area contributed by atoms with E-state index in [9.17, 15) is 19.8 Å². The Morgan fingerprint density at radius 2 is 0.913 bits per heavy atom. The van der Waals surface area contributed by atoms with Gasteiger partial charge in [-0.25, -0.2) is 5.43 Å². The summed E-state index contributed by atoms with van der Waals surface area (Å²) in [5.74, 6) is 6.35. The lowest BCUT2D eigenvalue weighted by atomic mass is 9.76. The minimum atomic E-state index is -1.47. The van der Waals surface area contributed by atoms with Crippen LogP contribution < -0.4 is 11.3 Å². The van der Waals surface area contributed by atoms with Crippen molar-refractivity contribution in [1.29, 1.82) is 0 Å². The van der Waals surface area contributed by atoms with Gasteiger partial charge in [-0.1, -0.05) is 134 Å². The van der Waals surface area contributed by atoms with Crippen molar-refractivity contribution in [2.24, 2.45) is 5.84 Å². The van der Waals surface area contributed by atoms with Gasteiger partial charge in [-0.2, -0.15) is 0 Å². The molecule has 5 N–H and O–H groups in total. The number of hydrogen-bond donors (Lipinski definition) is 4. The molecule has 0 bridgehead atoms. The highest BCUT2D eigenvalue weighted by Gasteiger charge is 2.43. The van der Waals surface area contributed by atoms with Crippen molar-refractivity contribution in [2.45, 2.75) is 169 Å². The van der Waals surface area contributed by atoms with Gasteiger partial charge in [0, 0.05) is 12.8 Å². The molecule has 2 aromatic rings. The monoisotopic (exact) mass is 636 g/mol. The van der Waals surface area contributed by atoms with Crippen molar-refractivity contribution < 1.29 is 19.8 Å². The number of rotatable bonds is 13. The molecule has 2 rings (SSSR count). The summed E-state index contributed by atoms with van der Waals surface area (Å²) in [7, 11) is 0. The fourth-order valence-electron chi connectivity index (χ4n) is 6.21. The first-order chi connectivity index (χ1) is 20.9. The van der Waals surface area contributed by atoms with Crippen molar-refractivity contribution in [3.05, 3.63) is 57.6 Å². The first-order valence-electron chi connectivity index (χ1n) is 17.2. The summed E-state index contributed by atoms with van der Waals surface area (Å²) in [4.78, 5) is 28.2. The van der Waals surface area contributed by atoms with Crippen LogP contribution in [0, 0.1) is 0 Å². The number of aromatic hydroxyl groups is 2. The summed E-state index contributed by atoms with van der Waals surface area (Å²) in [6, 6.07) is 8.00.